The van der Waals surface area contributed by atoms with Gasteiger partial charge in [0.15, 0.2) is 0 Å². The molecule has 0 aliphatic heterocycles. The maximum atomic E-state index is 13.3. The first kappa shape index (κ1) is 33.1. The van der Waals surface area contributed by atoms with Crippen molar-refractivity contribution in [1.82, 2.24) is 10.6 Å². The minimum absolute atomic E-state index is 0.150. The van der Waals surface area contributed by atoms with Crippen molar-refractivity contribution in [3.8, 4) is 5.75 Å². The lowest BCUT2D eigenvalue weighted by molar-refractivity contribution is -0.159. The molecule has 0 saturated heterocycles. The number of hydrogen-bond donors (Lipinski definition) is 9. The Morgan fingerprint density at radius 1 is 1.00 bits per heavy atom. The zero-order valence-electron chi connectivity index (χ0n) is 23.6. The average molecular weight is 633 g/mol. The topological polar surface area (TPSA) is 234 Å². The Kier molecular flexibility index (Phi) is 9.40. The van der Waals surface area contributed by atoms with Gasteiger partial charge in [-0.1, -0.05) is 13.0 Å². The van der Waals surface area contributed by atoms with Crippen LogP contribution in [0.4, 0.5) is 0 Å². The monoisotopic (exact) mass is 632 g/mol. The summed E-state index contributed by atoms with van der Waals surface area (Å²) < 4.78 is 22.8. The number of carbonyl (C=O) groups is 2. The molecule has 9 N–H and O–H groups in total. The molecule has 0 radical (unpaired) electrons. The molecular formula is C27H42N2O11P2. The number of aromatic hydroxyl groups is 1. The Hall–Kier alpha value is -1.82. The minimum atomic E-state index is -5.57. The van der Waals surface area contributed by atoms with Gasteiger partial charge in [-0.3, -0.25) is 18.7 Å². The van der Waals surface area contributed by atoms with Crippen molar-refractivity contribution in [2.45, 2.75) is 87.7 Å². The van der Waals surface area contributed by atoms with E-state index in [0.717, 1.165) is 25.7 Å². The van der Waals surface area contributed by atoms with Gasteiger partial charge in [0, 0.05) is 31.3 Å². The summed E-state index contributed by atoms with van der Waals surface area (Å²) in [5.41, 5.74) is 0.382. The Morgan fingerprint density at radius 3 is 2.33 bits per heavy atom. The smallest absolute Gasteiger partial charge is 0.369 e. The van der Waals surface area contributed by atoms with Crippen molar-refractivity contribution in [3.63, 3.8) is 0 Å². The van der Waals surface area contributed by atoms with Gasteiger partial charge >= 0.3 is 15.2 Å². The fraction of sp³-hybridized carbons (Fsp3) is 0.704. The van der Waals surface area contributed by atoms with Crippen LogP contribution in [0.15, 0.2) is 18.2 Å². The van der Waals surface area contributed by atoms with Crippen LogP contribution in [-0.4, -0.2) is 70.5 Å². The van der Waals surface area contributed by atoms with E-state index in [1.165, 1.54) is 11.1 Å². The van der Waals surface area contributed by atoms with Crippen LogP contribution in [0.3, 0.4) is 0 Å². The summed E-state index contributed by atoms with van der Waals surface area (Å²) in [6.45, 7) is 2.37. The molecule has 3 unspecified atom stereocenters. The maximum absolute atomic E-state index is 13.3. The van der Waals surface area contributed by atoms with Crippen LogP contribution in [0.2, 0.25) is 0 Å². The SMILES string of the molecule is C[C@]12CCC3c4ccc(O)cc4CCC3C1CC[C@]2(O)C(=O)NCCCNC(=O)CCCC(O)(P(=O)(O)O)P(=O)(O)O. The molecule has 2 saturated carbocycles. The summed E-state index contributed by atoms with van der Waals surface area (Å²) >= 11 is 0. The lowest BCUT2D eigenvalue weighted by Crippen LogP contribution is -2.58. The average Bonchev–Trinajstić information content (AvgIpc) is 3.18. The molecule has 1 aromatic rings. The molecule has 15 heteroatoms. The fourth-order valence-electron chi connectivity index (χ4n) is 7.66. The number of rotatable bonds is 11. The van der Waals surface area contributed by atoms with E-state index in [4.69, 9.17) is 19.6 Å². The Balaban J connectivity index is 1.23. The lowest BCUT2D eigenvalue weighted by atomic mass is 9.53. The Bertz CT molecular complexity index is 1270. The molecule has 3 aliphatic carbocycles. The predicted molar refractivity (Wildman–Crippen MR) is 151 cm³/mol. The Labute approximate surface area is 244 Å². The number of phenolic OH excluding ortho intramolecular Hbond substituents is 1. The van der Waals surface area contributed by atoms with Gasteiger partial charge < -0.3 is 45.5 Å². The molecular weight excluding hydrogens is 590 g/mol. The van der Waals surface area contributed by atoms with E-state index in [0.29, 0.717) is 31.1 Å². The van der Waals surface area contributed by atoms with Crippen LogP contribution in [0.1, 0.15) is 81.8 Å². The van der Waals surface area contributed by atoms with Gasteiger partial charge in [0.25, 0.3) is 11.0 Å². The van der Waals surface area contributed by atoms with Gasteiger partial charge in [-0.25, -0.2) is 0 Å². The first-order chi connectivity index (χ1) is 19.4. The van der Waals surface area contributed by atoms with Crippen LogP contribution < -0.4 is 10.6 Å². The van der Waals surface area contributed by atoms with E-state index in [-0.39, 0.29) is 37.6 Å². The minimum Gasteiger partial charge on any atom is -0.508 e. The quantitative estimate of drug-likeness (QED) is 0.126. The van der Waals surface area contributed by atoms with Crippen molar-refractivity contribution in [1.29, 1.82) is 0 Å². The first-order valence-corrected chi connectivity index (χ1v) is 17.6. The number of carbonyl (C=O) groups excluding carboxylic acids is 2. The van der Waals surface area contributed by atoms with Gasteiger partial charge in [0.05, 0.1) is 0 Å². The predicted octanol–water partition coefficient (Wildman–Crippen LogP) is 1.77. The highest BCUT2D eigenvalue weighted by Crippen LogP contribution is 2.69. The summed E-state index contributed by atoms with van der Waals surface area (Å²) in [7, 11) is -11.1. The number of fused-ring (bicyclic) bond motifs is 5. The zero-order valence-corrected chi connectivity index (χ0v) is 25.4. The van der Waals surface area contributed by atoms with E-state index < -0.39 is 49.5 Å². The van der Waals surface area contributed by atoms with Gasteiger partial charge in [0.1, 0.15) is 11.4 Å². The van der Waals surface area contributed by atoms with Crippen molar-refractivity contribution in [2.24, 2.45) is 17.3 Å². The van der Waals surface area contributed by atoms with Gasteiger partial charge in [0.2, 0.25) is 5.91 Å². The second-order valence-corrected chi connectivity index (χ2v) is 16.3. The van der Waals surface area contributed by atoms with E-state index in [1.54, 1.807) is 6.07 Å². The van der Waals surface area contributed by atoms with E-state index in [9.17, 15) is 34.0 Å². The summed E-state index contributed by atoms with van der Waals surface area (Å²) in [6.07, 6.45) is 3.17. The zero-order chi connectivity index (χ0) is 31.1. The fourth-order valence-corrected chi connectivity index (χ4v) is 9.91. The first-order valence-electron chi connectivity index (χ1n) is 14.4. The van der Waals surface area contributed by atoms with Crippen LogP contribution in [0, 0.1) is 17.3 Å². The Morgan fingerprint density at radius 2 is 1.67 bits per heavy atom. The molecule has 13 nitrogen and oxygen atoms in total. The van der Waals surface area contributed by atoms with Crippen molar-refractivity contribution >= 4 is 27.0 Å². The third kappa shape index (κ3) is 5.95. The highest BCUT2D eigenvalue weighted by atomic mass is 31.2. The largest absolute Gasteiger partial charge is 0.508 e. The van der Waals surface area contributed by atoms with Gasteiger partial charge in [-0.15, -0.1) is 0 Å². The lowest BCUT2D eigenvalue weighted by Gasteiger charge is -2.52. The van der Waals surface area contributed by atoms with E-state index in [2.05, 4.69) is 10.6 Å². The van der Waals surface area contributed by atoms with E-state index in [1.807, 2.05) is 19.1 Å². The molecule has 0 spiro atoms. The normalized spacial score (nSPS) is 29.3. The van der Waals surface area contributed by atoms with Crippen LogP contribution in [0.25, 0.3) is 0 Å². The van der Waals surface area contributed by atoms with Crippen LogP contribution >= 0.6 is 15.2 Å². The number of phenols is 1. The molecule has 3 aliphatic rings. The maximum Gasteiger partial charge on any atom is 0.369 e. The standard InChI is InChI=1S/C27H42N2O11P2/c1-25-12-9-20-19-8-6-18(30)16-17(19)5-7-21(20)22(25)10-13-26(25,33)24(32)29-15-3-14-28-23(31)4-2-11-27(34,41(35,36)37)42(38,39)40/h6,8,16,20-22,30,33-34H,2-5,7,9-15H2,1H3,(H,28,31)(H,29,32)(H2,35,36,37)(H2,38,39,40)/t20?,21?,22?,25-,26-/m0/s1. The molecule has 236 valence electrons. The molecule has 42 heavy (non-hydrogen) atoms. The highest BCUT2D eigenvalue weighted by Gasteiger charge is 2.64. The van der Waals surface area contributed by atoms with Crippen LogP contribution in [0.5, 0.6) is 5.75 Å². The van der Waals surface area contributed by atoms with E-state index >= 15 is 0 Å². The molecule has 4 rings (SSSR count). The number of nitrogens with one attached hydrogen (secondary N) is 2. The third-order valence-electron chi connectivity index (χ3n) is 10.0. The second-order valence-electron chi connectivity index (χ2n) is 12.3. The molecule has 0 bridgehead atoms. The number of hydrogen-bond acceptors (Lipinski definition) is 7. The summed E-state index contributed by atoms with van der Waals surface area (Å²) in [5, 5.41) is 33.3. The van der Waals surface area contributed by atoms with Gasteiger partial charge in [-0.2, -0.15) is 0 Å². The molecule has 5 atom stereocenters. The third-order valence-corrected chi connectivity index (χ3v) is 13.9. The van der Waals surface area contributed by atoms with Crippen molar-refractivity contribution in [2.75, 3.05) is 13.1 Å². The van der Waals surface area contributed by atoms with Crippen LogP contribution in [-0.2, 0) is 25.1 Å². The van der Waals surface area contributed by atoms with Crippen molar-refractivity contribution in [3.05, 3.63) is 29.3 Å². The van der Waals surface area contributed by atoms with Crippen molar-refractivity contribution < 1.29 is 53.6 Å². The molecule has 0 heterocycles. The molecule has 0 aromatic heterocycles. The summed E-state index contributed by atoms with van der Waals surface area (Å²) in [6, 6.07) is 5.59. The second kappa shape index (κ2) is 11.9. The number of benzene rings is 1. The summed E-state index contributed by atoms with van der Waals surface area (Å²) in [5.74, 6) is 0.204. The highest BCUT2D eigenvalue weighted by molar-refractivity contribution is 7.72. The molecule has 2 fully saturated rings. The number of amides is 2. The molecule has 1 aromatic carbocycles. The molecule has 2 amide bonds. The summed E-state index contributed by atoms with van der Waals surface area (Å²) in [4.78, 5) is 62.0. The van der Waals surface area contributed by atoms with Gasteiger partial charge in [-0.05, 0) is 92.4 Å². The number of aryl methyl sites for hydroxylation is 1. The number of aliphatic hydroxyl groups is 2.